The average molecular weight is 148 g/mol. The molecule has 11 heavy (non-hydrogen) atoms. The molecule has 0 aliphatic heterocycles. The van der Waals surface area contributed by atoms with Gasteiger partial charge in [0.25, 0.3) is 0 Å². The van der Waals surface area contributed by atoms with Crippen molar-refractivity contribution < 1.29 is 0 Å². The zero-order valence-corrected chi connectivity index (χ0v) is 7.38. The van der Waals surface area contributed by atoms with E-state index in [2.05, 4.69) is 26.0 Å². The highest BCUT2D eigenvalue weighted by atomic mass is 14.6. The molecule has 2 saturated carbocycles. The molecule has 3 rings (SSSR count). The molecule has 0 N–H and O–H groups in total. The van der Waals surface area contributed by atoms with Crippen LogP contribution in [-0.2, 0) is 0 Å². The van der Waals surface area contributed by atoms with Gasteiger partial charge in [0.15, 0.2) is 0 Å². The van der Waals surface area contributed by atoms with Crippen LogP contribution in [0.15, 0.2) is 12.2 Å². The molecule has 0 spiro atoms. The van der Waals surface area contributed by atoms with Gasteiger partial charge in [-0.1, -0.05) is 26.0 Å². The fourth-order valence-electron chi connectivity index (χ4n) is 3.92. The first-order valence-electron chi connectivity index (χ1n) is 4.90. The molecule has 3 aliphatic carbocycles. The van der Waals surface area contributed by atoms with E-state index in [9.17, 15) is 0 Å². The second-order valence-electron chi connectivity index (χ2n) is 5.09. The maximum absolute atomic E-state index is 2.51. The molecule has 4 bridgehead atoms. The van der Waals surface area contributed by atoms with Gasteiger partial charge in [-0.25, -0.2) is 0 Å². The van der Waals surface area contributed by atoms with Crippen LogP contribution in [-0.4, -0.2) is 0 Å². The van der Waals surface area contributed by atoms with Crippen molar-refractivity contribution in [1.82, 2.24) is 0 Å². The van der Waals surface area contributed by atoms with E-state index in [0.29, 0.717) is 5.41 Å². The first-order chi connectivity index (χ1) is 5.22. The molecule has 0 heterocycles. The lowest BCUT2D eigenvalue weighted by atomic mass is 9.70. The number of rotatable bonds is 0. The van der Waals surface area contributed by atoms with Crippen LogP contribution >= 0.6 is 0 Å². The summed E-state index contributed by atoms with van der Waals surface area (Å²) in [6, 6.07) is 0. The van der Waals surface area contributed by atoms with Gasteiger partial charge in [-0.2, -0.15) is 0 Å². The van der Waals surface area contributed by atoms with Crippen LogP contribution in [0.1, 0.15) is 26.7 Å². The van der Waals surface area contributed by atoms with Crippen molar-refractivity contribution in [3.05, 3.63) is 12.2 Å². The molecule has 0 aromatic rings. The summed E-state index contributed by atoms with van der Waals surface area (Å²) in [5, 5.41) is 0. The molecular formula is C11H16. The van der Waals surface area contributed by atoms with Crippen LogP contribution in [0.4, 0.5) is 0 Å². The Hall–Kier alpha value is -0.260. The Labute approximate surface area is 68.7 Å². The highest BCUT2D eigenvalue weighted by Crippen LogP contribution is 2.67. The zero-order chi connectivity index (χ0) is 7.64. The summed E-state index contributed by atoms with van der Waals surface area (Å²) in [5.74, 6) is 3.97. The normalized spacial score (nSPS) is 64.5. The first-order valence-corrected chi connectivity index (χ1v) is 4.90. The molecule has 0 radical (unpaired) electrons. The van der Waals surface area contributed by atoms with Gasteiger partial charge in [-0.05, 0) is 41.9 Å². The maximum atomic E-state index is 2.51. The van der Waals surface area contributed by atoms with Crippen molar-refractivity contribution >= 4 is 0 Å². The van der Waals surface area contributed by atoms with Crippen molar-refractivity contribution in [3.8, 4) is 0 Å². The Morgan fingerprint density at radius 1 is 1.36 bits per heavy atom. The van der Waals surface area contributed by atoms with E-state index in [1.165, 1.54) is 12.8 Å². The molecule has 0 saturated heterocycles. The predicted molar refractivity (Wildman–Crippen MR) is 46.1 cm³/mol. The molecule has 5 atom stereocenters. The second-order valence-corrected chi connectivity index (χ2v) is 5.09. The van der Waals surface area contributed by atoms with E-state index in [1.54, 1.807) is 0 Å². The summed E-state index contributed by atoms with van der Waals surface area (Å²) in [7, 11) is 0. The number of hydrogen-bond donors (Lipinski definition) is 0. The minimum atomic E-state index is 0.698. The first kappa shape index (κ1) is 6.28. The Kier molecular flexibility index (Phi) is 0.898. The molecule has 0 aromatic heterocycles. The number of hydrogen-bond acceptors (Lipinski definition) is 0. The van der Waals surface area contributed by atoms with Crippen LogP contribution in [0.3, 0.4) is 0 Å². The van der Waals surface area contributed by atoms with E-state index in [-0.39, 0.29) is 0 Å². The number of allylic oxidation sites excluding steroid dienone is 2. The highest BCUT2D eigenvalue weighted by molar-refractivity contribution is 5.23. The Morgan fingerprint density at radius 2 is 2.18 bits per heavy atom. The lowest BCUT2D eigenvalue weighted by molar-refractivity contribution is 0.181. The molecule has 2 fully saturated rings. The SMILES string of the molecule is C[C@H]1CC2[C@@H]3C=C[C@@H]2C1(C)C3. The van der Waals surface area contributed by atoms with Crippen LogP contribution in [0, 0.1) is 29.1 Å². The Bertz CT molecular complexity index is 228. The predicted octanol–water partition coefficient (Wildman–Crippen LogP) is 2.85. The molecule has 0 nitrogen and oxygen atoms in total. The summed E-state index contributed by atoms with van der Waals surface area (Å²) < 4.78 is 0. The summed E-state index contributed by atoms with van der Waals surface area (Å²) in [4.78, 5) is 0. The van der Waals surface area contributed by atoms with E-state index in [0.717, 1.165) is 23.7 Å². The van der Waals surface area contributed by atoms with Gasteiger partial charge in [0.2, 0.25) is 0 Å². The molecule has 0 amide bonds. The van der Waals surface area contributed by atoms with Crippen LogP contribution in [0.2, 0.25) is 0 Å². The van der Waals surface area contributed by atoms with E-state index >= 15 is 0 Å². The minimum absolute atomic E-state index is 0.698. The van der Waals surface area contributed by atoms with Gasteiger partial charge < -0.3 is 0 Å². The Morgan fingerprint density at radius 3 is 2.73 bits per heavy atom. The van der Waals surface area contributed by atoms with Gasteiger partial charge >= 0.3 is 0 Å². The van der Waals surface area contributed by atoms with Crippen LogP contribution in [0.25, 0.3) is 0 Å². The maximum Gasteiger partial charge on any atom is -0.0143 e. The third kappa shape index (κ3) is 0.513. The molecule has 3 aliphatic rings. The standard InChI is InChI=1S/C11H16/c1-7-5-9-8-3-4-10(9)11(7,2)6-8/h3-4,7-10H,5-6H2,1-2H3/t7-,8+,9?,10-,11?/m0/s1. The average Bonchev–Trinajstić information content (AvgIpc) is 2.50. The van der Waals surface area contributed by atoms with Gasteiger partial charge in [0.05, 0.1) is 0 Å². The van der Waals surface area contributed by atoms with Gasteiger partial charge in [0, 0.05) is 0 Å². The van der Waals surface area contributed by atoms with Crippen molar-refractivity contribution in [2.75, 3.05) is 0 Å². The van der Waals surface area contributed by atoms with Gasteiger partial charge in [-0.3, -0.25) is 0 Å². The smallest absolute Gasteiger partial charge is 0.0143 e. The topological polar surface area (TPSA) is 0 Å². The van der Waals surface area contributed by atoms with Crippen molar-refractivity contribution in [1.29, 1.82) is 0 Å². The Balaban J connectivity index is 2.10. The summed E-state index contributed by atoms with van der Waals surface area (Å²) in [6.45, 7) is 4.95. The lowest BCUT2D eigenvalue weighted by Gasteiger charge is -2.34. The van der Waals surface area contributed by atoms with Gasteiger partial charge in [0.1, 0.15) is 0 Å². The van der Waals surface area contributed by atoms with Crippen LogP contribution < -0.4 is 0 Å². The highest BCUT2D eigenvalue weighted by Gasteiger charge is 2.59. The van der Waals surface area contributed by atoms with Crippen LogP contribution in [0.5, 0.6) is 0 Å². The van der Waals surface area contributed by atoms with Crippen molar-refractivity contribution in [3.63, 3.8) is 0 Å². The quantitative estimate of drug-likeness (QED) is 0.463. The molecule has 0 heteroatoms. The monoisotopic (exact) mass is 148 g/mol. The molecule has 60 valence electrons. The fraction of sp³-hybridized carbons (Fsp3) is 0.818. The summed E-state index contributed by atoms with van der Waals surface area (Å²) in [6.07, 6.45) is 7.96. The van der Waals surface area contributed by atoms with E-state index in [1.807, 2.05) is 0 Å². The second kappa shape index (κ2) is 1.57. The van der Waals surface area contributed by atoms with E-state index in [4.69, 9.17) is 0 Å². The summed E-state index contributed by atoms with van der Waals surface area (Å²) >= 11 is 0. The molecule has 2 unspecified atom stereocenters. The van der Waals surface area contributed by atoms with Gasteiger partial charge in [-0.15, -0.1) is 0 Å². The van der Waals surface area contributed by atoms with Crippen molar-refractivity contribution in [2.24, 2.45) is 29.1 Å². The molecule has 0 aromatic carbocycles. The zero-order valence-electron chi connectivity index (χ0n) is 7.38. The summed E-state index contributed by atoms with van der Waals surface area (Å²) in [5.41, 5.74) is 0.698. The third-order valence-corrected chi connectivity index (χ3v) is 4.77. The minimum Gasteiger partial charge on any atom is -0.0848 e. The largest absolute Gasteiger partial charge is 0.0848 e. The third-order valence-electron chi connectivity index (χ3n) is 4.77. The fourth-order valence-corrected chi connectivity index (χ4v) is 3.92. The lowest BCUT2D eigenvalue weighted by Crippen LogP contribution is -2.26. The molecular weight excluding hydrogens is 132 g/mol. The van der Waals surface area contributed by atoms with Crippen molar-refractivity contribution in [2.45, 2.75) is 26.7 Å². The van der Waals surface area contributed by atoms with E-state index < -0.39 is 0 Å².